The highest BCUT2D eigenvalue weighted by Gasteiger charge is 2.17. The first-order valence-electron chi connectivity index (χ1n) is 7.81. The van der Waals surface area contributed by atoms with Crippen molar-refractivity contribution >= 4 is 22.5 Å². The molecule has 0 saturated carbocycles. The van der Waals surface area contributed by atoms with E-state index in [4.69, 9.17) is 0 Å². The Morgan fingerprint density at radius 1 is 0.960 bits per heavy atom. The van der Waals surface area contributed by atoms with Crippen molar-refractivity contribution in [3.05, 3.63) is 90.5 Å². The van der Waals surface area contributed by atoms with Crippen LogP contribution in [0.4, 0.5) is 10.1 Å². The van der Waals surface area contributed by atoms with E-state index in [0.717, 1.165) is 10.9 Å². The summed E-state index contributed by atoms with van der Waals surface area (Å²) < 4.78 is 14.9. The molecule has 1 N–H and O–H groups in total. The zero-order chi connectivity index (χ0) is 17.2. The number of benzene rings is 2. The second-order valence-electron chi connectivity index (χ2n) is 5.57. The minimum atomic E-state index is -0.347. The summed E-state index contributed by atoms with van der Waals surface area (Å²) in [6, 6.07) is 20.8. The Bertz CT molecular complexity index is 1040. The predicted molar refractivity (Wildman–Crippen MR) is 95.4 cm³/mol. The number of anilines is 1. The molecule has 4 nitrogen and oxygen atoms in total. The molecule has 0 spiro atoms. The molecule has 0 radical (unpaired) electrons. The van der Waals surface area contributed by atoms with Crippen LogP contribution in [0.3, 0.4) is 0 Å². The van der Waals surface area contributed by atoms with Gasteiger partial charge in [-0.2, -0.15) is 0 Å². The molecule has 25 heavy (non-hydrogen) atoms. The smallest absolute Gasteiger partial charge is 0.272 e. The molecule has 2 aromatic carbocycles. The van der Waals surface area contributed by atoms with Crippen molar-refractivity contribution in [3.63, 3.8) is 0 Å². The van der Waals surface area contributed by atoms with E-state index in [-0.39, 0.29) is 11.7 Å². The second kappa shape index (κ2) is 6.20. The van der Waals surface area contributed by atoms with Gasteiger partial charge in [0, 0.05) is 17.3 Å². The maximum absolute atomic E-state index is 13.0. The highest BCUT2D eigenvalue weighted by molar-refractivity contribution is 6.07. The molecule has 1 amide bonds. The number of hydrogen-bond donors (Lipinski definition) is 1. The van der Waals surface area contributed by atoms with Gasteiger partial charge in [-0.05, 0) is 48.5 Å². The van der Waals surface area contributed by atoms with E-state index in [2.05, 4.69) is 10.3 Å². The summed E-state index contributed by atoms with van der Waals surface area (Å²) in [7, 11) is 0. The molecule has 5 heteroatoms. The minimum Gasteiger partial charge on any atom is -0.321 e. The Hall–Kier alpha value is -3.47. The lowest BCUT2D eigenvalue weighted by molar-refractivity contribution is 0.102. The number of rotatable bonds is 3. The summed E-state index contributed by atoms with van der Waals surface area (Å²) in [5, 5.41) is 3.74. The van der Waals surface area contributed by atoms with Gasteiger partial charge < -0.3 is 5.32 Å². The number of nitrogens with zero attached hydrogens (tertiary/aromatic N) is 2. The predicted octanol–water partition coefficient (Wildman–Crippen LogP) is 4.42. The Kier molecular flexibility index (Phi) is 3.74. The zero-order valence-corrected chi connectivity index (χ0v) is 13.2. The van der Waals surface area contributed by atoms with Crippen molar-refractivity contribution in [1.29, 1.82) is 0 Å². The summed E-state index contributed by atoms with van der Waals surface area (Å²) >= 11 is 0. The standard InChI is InChI=1S/C20H14FN3O/c21-15-8-10-16(11-9-15)23-20(25)18-13-14-5-1-2-6-17(14)24(18)19-7-3-4-12-22-19/h1-13H,(H,23,25). The van der Waals surface area contributed by atoms with Crippen molar-refractivity contribution in [1.82, 2.24) is 9.55 Å². The van der Waals surface area contributed by atoms with Crippen LogP contribution in [-0.2, 0) is 0 Å². The highest BCUT2D eigenvalue weighted by atomic mass is 19.1. The van der Waals surface area contributed by atoms with Gasteiger partial charge in [-0.3, -0.25) is 9.36 Å². The summed E-state index contributed by atoms with van der Waals surface area (Å²) in [5.41, 5.74) is 1.89. The summed E-state index contributed by atoms with van der Waals surface area (Å²) in [5.74, 6) is 0.0296. The average molecular weight is 331 g/mol. The quantitative estimate of drug-likeness (QED) is 0.604. The van der Waals surface area contributed by atoms with E-state index in [1.165, 1.54) is 24.3 Å². The molecule has 0 saturated heterocycles. The minimum absolute atomic E-state index is 0.284. The molecular formula is C20H14FN3O. The molecule has 0 atom stereocenters. The third-order valence-electron chi connectivity index (χ3n) is 3.92. The number of pyridine rings is 1. The van der Waals surface area contributed by atoms with E-state index in [1.807, 2.05) is 53.1 Å². The first kappa shape index (κ1) is 15.1. The van der Waals surface area contributed by atoms with Crippen molar-refractivity contribution in [2.24, 2.45) is 0 Å². The molecule has 0 aliphatic heterocycles. The lowest BCUT2D eigenvalue weighted by atomic mass is 10.2. The third-order valence-corrected chi connectivity index (χ3v) is 3.92. The van der Waals surface area contributed by atoms with Gasteiger partial charge >= 0.3 is 0 Å². The van der Waals surface area contributed by atoms with E-state index in [0.29, 0.717) is 17.2 Å². The van der Waals surface area contributed by atoms with Crippen LogP contribution in [0.25, 0.3) is 16.7 Å². The number of nitrogens with one attached hydrogen (secondary N) is 1. The second-order valence-corrected chi connectivity index (χ2v) is 5.57. The van der Waals surface area contributed by atoms with Crippen LogP contribution in [0.5, 0.6) is 0 Å². The molecule has 4 aromatic rings. The van der Waals surface area contributed by atoms with Gasteiger partial charge in [-0.1, -0.05) is 24.3 Å². The maximum atomic E-state index is 13.0. The van der Waals surface area contributed by atoms with Gasteiger partial charge in [-0.25, -0.2) is 9.37 Å². The molecule has 0 bridgehead atoms. The van der Waals surface area contributed by atoms with Crippen molar-refractivity contribution in [2.75, 3.05) is 5.32 Å². The average Bonchev–Trinajstić information content (AvgIpc) is 3.04. The normalized spacial score (nSPS) is 10.8. The monoisotopic (exact) mass is 331 g/mol. The van der Waals surface area contributed by atoms with Crippen LogP contribution in [0, 0.1) is 5.82 Å². The van der Waals surface area contributed by atoms with Crippen molar-refractivity contribution < 1.29 is 9.18 Å². The van der Waals surface area contributed by atoms with Gasteiger partial charge in [-0.15, -0.1) is 0 Å². The molecule has 0 aliphatic rings. The first-order chi connectivity index (χ1) is 12.2. The van der Waals surface area contributed by atoms with Gasteiger partial charge in [0.05, 0.1) is 5.52 Å². The Morgan fingerprint density at radius 2 is 1.72 bits per heavy atom. The van der Waals surface area contributed by atoms with Crippen LogP contribution in [0.1, 0.15) is 10.5 Å². The van der Waals surface area contributed by atoms with Crippen LogP contribution in [0.2, 0.25) is 0 Å². The fourth-order valence-electron chi connectivity index (χ4n) is 2.78. The molecular weight excluding hydrogens is 317 g/mol. The lowest BCUT2D eigenvalue weighted by Gasteiger charge is -2.10. The molecule has 0 aliphatic carbocycles. The fourth-order valence-corrected chi connectivity index (χ4v) is 2.78. The number of halogens is 1. The van der Waals surface area contributed by atoms with Crippen LogP contribution >= 0.6 is 0 Å². The van der Waals surface area contributed by atoms with E-state index < -0.39 is 0 Å². The molecule has 122 valence electrons. The summed E-state index contributed by atoms with van der Waals surface area (Å²) in [6.07, 6.45) is 1.69. The third kappa shape index (κ3) is 2.87. The zero-order valence-electron chi connectivity index (χ0n) is 13.2. The number of fused-ring (bicyclic) bond motifs is 1. The summed E-state index contributed by atoms with van der Waals surface area (Å²) in [4.78, 5) is 17.2. The SMILES string of the molecule is O=C(Nc1ccc(F)cc1)c1cc2ccccc2n1-c1ccccn1. The number of aromatic nitrogens is 2. The lowest BCUT2D eigenvalue weighted by Crippen LogP contribution is -2.16. The maximum Gasteiger partial charge on any atom is 0.272 e. The van der Waals surface area contributed by atoms with Crippen LogP contribution < -0.4 is 5.32 Å². The molecule has 4 rings (SSSR count). The van der Waals surface area contributed by atoms with Crippen LogP contribution in [0.15, 0.2) is 79.0 Å². The van der Waals surface area contributed by atoms with Gasteiger partial charge in [0.2, 0.25) is 0 Å². The van der Waals surface area contributed by atoms with Crippen molar-refractivity contribution in [3.8, 4) is 5.82 Å². The molecule has 2 aromatic heterocycles. The number of para-hydroxylation sites is 1. The molecule has 0 fully saturated rings. The molecule has 0 unspecified atom stereocenters. The van der Waals surface area contributed by atoms with Gasteiger partial charge in [0.25, 0.3) is 5.91 Å². The number of amides is 1. The Labute approximate surface area is 143 Å². The van der Waals surface area contributed by atoms with E-state index in [1.54, 1.807) is 6.20 Å². The Morgan fingerprint density at radius 3 is 2.48 bits per heavy atom. The number of hydrogen-bond acceptors (Lipinski definition) is 2. The highest BCUT2D eigenvalue weighted by Crippen LogP contribution is 2.24. The fraction of sp³-hybridized carbons (Fsp3) is 0. The first-order valence-corrected chi connectivity index (χ1v) is 7.81. The van der Waals surface area contributed by atoms with Gasteiger partial charge in [0.1, 0.15) is 17.3 Å². The number of carbonyl (C=O) groups excluding carboxylic acids is 1. The topological polar surface area (TPSA) is 46.9 Å². The van der Waals surface area contributed by atoms with Gasteiger partial charge in [0.15, 0.2) is 0 Å². The molecule has 2 heterocycles. The Balaban J connectivity index is 1.81. The van der Waals surface area contributed by atoms with E-state index in [9.17, 15) is 9.18 Å². The number of carbonyl (C=O) groups is 1. The summed E-state index contributed by atoms with van der Waals surface area (Å²) in [6.45, 7) is 0. The van der Waals surface area contributed by atoms with E-state index >= 15 is 0 Å². The van der Waals surface area contributed by atoms with Crippen molar-refractivity contribution in [2.45, 2.75) is 0 Å². The van der Waals surface area contributed by atoms with Crippen LogP contribution in [-0.4, -0.2) is 15.5 Å². The largest absolute Gasteiger partial charge is 0.321 e.